The van der Waals surface area contributed by atoms with E-state index in [4.69, 9.17) is 5.11 Å². The Morgan fingerprint density at radius 1 is 1.22 bits per heavy atom. The standard InChI is InChI=1S/C12H24N2O3S/c15-7-6-14(10-11-2-1-5-13-11)12-3-8-18(16,17)9-4-12/h11-13,15H,1-10H2. The minimum absolute atomic E-state index is 0.149. The van der Waals surface area contributed by atoms with Gasteiger partial charge in [-0.15, -0.1) is 0 Å². The first-order valence-corrected chi connectivity index (χ1v) is 8.71. The quantitative estimate of drug-likeness (QED) is 0.716. The lowest BCUT2D eigenvalue weighted by molar-refractivity contribution is 0.132. The highest BCUT2D eigenvalue weighted by molar-refractivity contribution is 7.91. The third-order valence-electron chi connectivity index (χ3n) is 4.05. The van der Waals surface area contributed by atoms with Crippen LogP contribution in [0.4, 0.5) is 0 Å². The molecular formula is C12H24N2O3S. The molecule has 2 aliphatic rings. The van der Waals surface area contributed by atoms with Gasteiger partial charge in [0.15, 0.2) is 0 Å². The molecule has 2 fully saturated rings. The van der Waals surface area contributed by atoms with Gasteiger partial charge in [-0.3, -0.25) is 4.90 Å². The van der Waals surface area contributed by atoms with Crippen LogP contribution in [-0.2, 0) is 9.84 Å². The minimum Gasteiger partial charge on any atom is -0.395 e. The SMILES string of the molecule is O=S1(=O)CCC(N(CCO)CC2CCCN2)CC1. The summed E-state index contributed by atoms with van der Waals surface area (Å²) in [6.45, 7) is 2.82. The Morgan fingerprint density at radius 2 is 1.94 bits per heavy atom. The van der Waals surface area contributed by atoms with Gasteiger partial charge in [-0.25, -0.2) is 8.42 Å². The van der Waals surface area contributed by atoms with E-state index in [1.807, 2.05) is 0 Å². The van der Waals surface area contributed by atoms with E-state index >= 15 is 0 Å². The van der Waals surface area contributed by atoms with Gasteiger partial charge in [-0.1, -0.05) is 0 Å². The van der Waals surface area contributed by atoms with Crippen molar-refractivity contribution >= 4 is 9.84 Å². The van der Waals surface area contributed by atoms with Crippen LogP contribution >= 0.6 is 0 Å². The Hall–Kier alpha value is -0.170. The summed E-state index contributed by atoms with van der Waals surface area (Å²) in [7, 11) is -2.80. The number of aliphatic hydroxyl groups is 1. The fraction of sp³-hybridized carbons (Fsp3) is 1.00. The summed E-state index contributed by atoms with van der Waals surface area (Å²) in [6.07, 6.45) is 3.84. The van der Waals surface area contributed by atoms with E-state index in [2.05, 4.69) is 10.2 Å². The zero-order chi connectivity index (χ0) is 13.0. The highest BCUT2D eigenvalue weighted by Crippen LogP contribution is 2.19. The van der Waals surface area contributed by atoms with Crippen molar-refractivity contribution in [2.24, 2.45) is 0 Å². The number of nitrogens with zero attached hydrogens (tertiary/aromatic N) is 1. The smallest absolute Gasteiger partial charge is 0.150 e. The Labute approximate surface area is 109 Å². The van der Waals surface area contributed by atoms with Crippen LogP contribution < -0.4 is 5.32 Å². The second-order valence-corrected chi connectivity index (χ2v) is 7.70. The predicted octanol–water partition coefficient (Wildman–Crippen LogP) is -0.390. The maximum Gasteiger partial charge on any atom is 0.150 e. The summed E-state index contributed by atoms with van der Waals surface area (Å²) in [5, 5.41) is 12.6. The normalized spacial score (nSPS) is 28.9. The summed E-state index contributed by atoms with van der Waals surface area (Å²) < 4.78 is 22.9. The molecule has 2 heterocycles. The summed E-state index contributed by atoms with van der Waals surface area (Å²) >= 11 is 0. The van der Waals surface area contributed by atoms with Gasteiger partial charge in [-0.2, -0.15) is 0 Å². The Kier molecular flexibility index (Phi) is 5.00. The first-order valence-electron chi connectivity index (χ1n) is 6.89. The molecule has 0 amide bonds. The van der Waals surface area contributed by atoms with Gasteiger partial charge in [-0.05, 0) is 32.2 Å². The molecule has 2 rings (SSSR count). The Bertz CT molecular complexity index is 338. The fourth-order valence-electron chi connectivity index (χ4n) is 2.99. The van der Waals surface area contributed by atoms with Crippen molar-refractivity contribution in [1.29, 1.82) is 0 Å². The van der Waals surface area contributed by atoms with Gasteiger partial charge in [0.1, 0.15) is 9.84 Å². The number of nitrogens with one attached hydrogen (secondary N) is 1. The number of rotatable bonds is 5. The largest absolute Gasteiger partial charge is 0.395 e. The molecule has 0 aromatic rings. The van der Waals surface area contributed by atoms with E-state index in [-0.39, 0.29) is 6.61 Å². The highest BCUT2D eigenvalue weighted by atomic mass is 32.2. The van der Waals surface area contributed by atoms with Gasteiger partial charge < -0.3 is 10.4 Å². The van der Waals surface area contributed by atoms with E-state index in [0.29, 0.717) is 30.1 Å². The monoisotopic (exact) mass is 276 g/mol. The van der Waals surface area contributed by atoms with Crippen molar-refractivity contribution in [3.63, 3.8) is 0 Å². The average molecular weight is 276 g/mol. The third kappa shape index (κ3) is 3.91. The number of sulfone groups is 1. The van der Waals surface area contributed by atoms with Crippen LogP contribution in [-0.4, -0.2) is 68.3 Å². The van der Waals surface area contributed by atoms with E-state index in [1.54, 1.807) is 0 Å². The van der Waals surface area contributed by atoms with Crippen LogP contribution in [0.1, 0.15) is 25.7 Å². The zero-order valence-electron chi connectivity index (χ0n) is 10.8. The van der Waals surface area contributed by atoms with Gasteiger partial charge in [0.25, 0.3) is 0 Å². The minimum atomic E-state index is -2.80. The van der Waals surface area contributed by atoms with Crippen molar-refractivity contribution in [1.82, 2.24) is 10.2 Å². The second kappa shape index (κ2) is 6.32. The molecule has 6 heteroatoms. The Balaban J connectivity index is 1.88. The lowest BCUT2D eigenvalue weighted by atomic mass is 10.1. The van der Waals surface area contributed by atoms with Gasteiger partial charge in [0.2, 0.25) is 0 Å². The molecule has 1 unspecified atom stereocenters. The van der Waals surface area contributed by atoms with Crippen molar-refractivity contribution in [2.75, 3.05) is 37.7 Å². The predicted molar refractivity (Wildman–Crippen MR) is 71.4 cm³/mol. The molecule has 0 aromatic heterocycles. The molecule has 0 radical (unpaired) electrons. The van der Waals surface area contributed by atoms with Crippen LogP contribution in [0.2, 0.25) is 0 Å². The number of hydrogen-bond donors (Lipinski definition) is 2. The van der Waals surface area contributed by atoms with Crippen molar-refractivity contribution in [2.45, 2.75) is 37.8 Å². The highest BCUT2D eigenvalue weighted by Gasteiger charge is 2.29. The average Bonchev–Trinajstić information content (AvgIpc) is 2.81. The number of hydrogen-bond acceptors (Lipinski definition) is 5. The van der Waals surface area contributed by atoms with Crippen LogP contribution in [0.15, 0.2) is 0 Å². The first kappa shape index (κ1) is 14.2. The topological polar surface area (TPSA) is 69.6 Å². The molecule has 2 N–H and O–H groups in total. The van der Waals surface area contributed by atoms with Gasteiger partial charge >= 0.3 is 0 Å². The summed E-state index contributed by atoms with van der Waals surface area (Å²) in [5.41, 5.74) is 0. The molecule has 0 spiro atoms. The first-order chi connectivity index (χ1) is 8.61. The molecule has 2 aliphatic heterocycles. The molecule has 0 bridgehead atoms. The molecule has 106 valence electrons. The van der Waals surface area contributed by atoms with E-state index in [9.17, 15) is 8.42 Å². The molecular weight excluding hydrogens is 252 g/mol. The molecule has 0 aliphatic carbocycles. The summed E-state index contributed by atoms with van der Waals surface area (Å²) in [4.78, 5) is 2.28. The van der Waals surface area contributed by atoms with Gasteiger partial charge in [0.05, 0.1) is 18.1 Å². The second-order valence-electron chi connectivity index (χ2n) is 5.39. The summed E-state index contributed by atoms with van der Waals surface area (Å²) in [5.74, 6) is 0.607. The number of aliphatic hydroxyl groups excluding tert-OH is 1. The van der Waals surface area contributed by atoms with Crippen molar-refractivity contribution in [3.05, 3.63) is 0 Å². The van der Waals surface area contributed by atoms with E-state index in [0.717, 1.165) is 25.9 Å². The maximum absolute atomic E-state index is 11.4. The lowest BCUT2D eigenvalue weighted by Gasteiger charge is -2.35. The van der Waals surface area contributed by atoms with Crippen molar-refractivity contribution in [3.8, 4) is 0 Å². The van der Waals surface area contributed by atoms with E-state index in [1.165, 1.54) is 12.8 Å². The molecule has 0 aromatic carbocycles. The van der Waals surface area contributed by atoms with Gasteiger partial charge in [0, 0.05) is 25.2 Å². The molecule has 1 atom stereocenters. The Morgan fingerprint density at radius 3 is 2.50 bits per heavy atom. The molecule has 18 heavy (non-hydrogen) atoms. The van der Waals surface area contributed by atoms with E-state index < -0.39 is 9.84 Å². The zero-order valence-corrected chi connectivity index (χ0v) is 11.7. The summed E-state index contributed by atoms with van der Waals surface area (Å²) in [6, 6.07) is 0.832. The van der Waals surface area contributed by atoms with Crippen LogP contribution in [0.5, 0.6) is 0 Å². The maximum atomic E-state index is 11.4. The third-order valence-corrected chi connectivity index (χ3v) is 5.76. The fourth-order valence-corrected chi connectivity index (χ4v) is 4.46. The molecule has 0 saturated carbocycles. The lowest BCUT2D eigenvalue weighted by Crippen LogP contribution is -2.47. The molecule has 2 saturated heterocycles. The van der Waals surface area contributed by atoms with Crippen molar-refractivity contribution < 1.29 is 13.5 Å². The van der Waals surface area contributed by atoms with Crippen LogP contribution in [0.25, 0.3) is 0 Å². The van der Waals surface area contributed by atoms with Crippen LogP contribution in [0, 0.1) is 0 Å². The van der Waals surface area contributed by atoms with Crippen LogP contribution in [0.3, 0.4) is 0 Å². The molecule has 5 nitrogen and oxygen atoms in total.